The highest BCUT2D eigenvalue weighted by molar-refractivity contribution is 5.87. The number of aromatic amines is 1. The van der Waals surface area contributed by atoms with E-state index in [1.54, 1.807) is 24.5 Å². The molecule has 2 N–H and O–H groups in total. The lowest BCUT2D eigenvalue weighted by Gasteiger charge is -2.05. The second-order valence-corrected chi connectivity index (χ2v) is 3.98. The van der Waals surface area contributed by atoms with E-state index in [1.165, 1.54) is 6.33 Å². The number of aromatic hydroxyl groups is 1. The van der Waals surface area contributed by atoms with Crippen LogP contribution in [-0.2, 0) is 7.05 Å². The molecule has 2 heterocycles. The van der Waals surface area contributed by atoms with Crippen molar-refractivity contribution < 1.29 is 5.11 Å². The Morgan fingerprint density at radius 3 is 2.89 bits per heavy atom. The average Bonchev–Trinajstić information content (AvgIpc) is 2.77. The molecule has 0 saturated carbocycles. The minimum atomic E-state index is -0.286. The van der Waals surface area contributed by atoms with Gasteiger partial charge in [0.05, 0.1) is 11.7 Å². The molecule has 6 heteroatoms. The van der Waals surface area contributed by atoms with Gasteiger partial charge in [0.2, 0.25) is 0 Å². The Morgan fingerprint density at radius 2 is 2.17 bits per heavy atom. The number of H-pyrrole nitrogens is 1. The molecule has 0 amide bonds. The van der Waals surface area contributed by atoms with Crippen LogP contribution in [0, 0.1) is 0 Å². The number of benzene rings is 1. The molecule has 6 nitrogen and oxygen atoms in total. The molecular weight excluding hydrogens is 232 g/mol. The molecule has 1 aromatic carbocycles. The van der Waals surface area contributed by atoms with Crippen molar-refractivity contribution in [1.29, 1.82) is 0 Å². The molecule has 0 aliphatic carbocycles. The van der Waals surface area contributed by atoms with Gasteiger partial charge in [-0.25, -0.2) is 9.97 Å². The van der Waals surface area contributed by atoms with Crippen LogP contribution in [0.5, 0.6) is 5.75 Å². The minimum absolute atomic E-state index is 0.0309. The summed E-state index contributed by atoms with van der Waals surface area (Å²) in [5.41, 5.74) is 0.675. The quantitative estimate of drug-likeness (QED) is 0.667. The Kier molecular flexibility index (Phi) is 2.16. The number of imidazole rings is 1. The average molecular weight is 242 g/mol. The highest BCUT2D eigenvalue weighted by Crippen LogP contribution is 2.27. The van der Waals surface area contributed by atoms with Crippen LogP contribution in [0.15, 0.2) is 35.6 Å². The van der Waals surface area contributed by atoms with Gasteiger partial charge in [-0.05, 0) is 12.1 Å². The summed E-state index contributed by atoms with van der Waals surface area (Å²) in [6.07, 6.45) is 4.72. The first-order valence-electron chi connectivity index (χ1n) is 5.35. The van der Waals surface area contributed by atoms with Crippen LogP contribution in [-0.4, -0.2) is 24.6 Å². The molecule has 0 radical (unpaired) electrons. The van der Waals surface area contributed by atoms with E-state index in [9.17, 15) is 9.90 Å². The van der Waals surface area contributed by atoms with Crippen molar-refractivity contribution in [3.05, 3.63) is 41.2 Å². The third kappa shape index (κ3) is 1.46. The predicted octanol–water partition coefficient (Wildman–Crippen LogP) is 1.03. The van der Waals surface area contributed by atoms with E-state index in [-0.39, 0.29) is 16.8 Å². The molecule has 2 aromatic heterocycles. The SMILES string of the molecule is Cn1ccnc1-c1cc(O)c2nc[nH]c(=O)c2c1. The Hall–Kier alpha value is -2.63. The third-order valence-electron chi connectivity index (χ3n) is 2.80. The zero-order chi connectivity index (χ0) is 12.7. The van der Waals surface area contributed by atoms with Crippen LogP contribution in [0.3, 0.4) is 0 Å². The van der Waals surface area contributed by atoms with Gasteiger partial charge in [0, 0.05) is 25.0 Å². The van der Waals surface area contributed by atoms with E-state index in [0.29, 0.717) is 16.8 Å². The highest BCUT2D eigenvalue weighted by atomic mass is 16.3. The summed E-state index contributed by atoms with van der Waals surface area (Å²) in [6.45, 7) is 0. The van der Waals surface area contributed by atoms with Crippen molar-refractivity contribution in [3.63, 3.8) is 0 Å². The molecular formula is C12H10N4O2. The maximum absolute atomic E-state index is 11.7. The second-order valence-electron chi connectivity index (χ2n) is 3.98. The van der Waals surface area contributed by atoms with Gasteiger partial charge in [0.15, 0.2) is 0 Å². The summed E-state index contributed by atoms with van der Waals surface area (Å²) < 4.78 is 1.81. The number of nitrogens with zero attached hydrogens (tertiary/aromatic N) is 3. The second kappa shape index (κ2) is 3.69. The van der Waals surface area contributed by atoms with Crippen molar-refractivity contribution in [3.8, 4) is 17.1 Å². The fraction of sp³-hybridized carbons (Fsp3) is 0.0833. The summed E-state index contributed by atoms with van der Waals surface area (Å²) in [5, 5.41) is 10.3. The first kappa shape index (κ1) is 10.5. The van der Waals surface area contributed by atoms with Gasteiger partial charge >= 0.3 is 0 Å². The number of hydrogen-bond acceptors (Lipinski definition) is 4. The number of hydrogen-bond donors (Lipinski definition) is 2. The lowest BCUT2D eigenvalue weighted by Crippen LogP contribution is -2.06. The fourth-order valence-corrected chi connectivity index (χ4v) is 1.93. The van der Waals surface area contributed by atoms with E-state index in [4.69, 9.17) is 0 Å². The van der Waals surface area contributed by atoms with E-state index < -0.39 is 0 Å². The smallest absolute Gasteiger partial charge is 0.258 e. The van der Waals surface area contributed by atoms with Gasteiger partial charge in [-0.1, -0.05) is 0 Å². The topological polar surface area (TPSA) is 83.8 Å². The molecule has 90 valence electrons. The van der Waals surface area contributed by atoms with Gasteiger partial charge in [0.25, 0.3) is 5.56 Å². The van der Waals surface area contributed by atoms with Crippen molar-refractivity contribution >= 4 is 10.9 Å². The highest BCUT2D eigenvalue weighted by Gasteiger charge is 2.10. The lowest BCUT2D eigenvalue weighted by molar-refractivity contribution is 0.480. The molecule has 3 rings (SSSR count). The van der Waals surface area contributed by atoms with Crippen LogP contribution in [0.1, 0.15) is 0 Å². The molecule has 0 saturated heterocycles. The number of fused-ring (bicyclic) bond motifs is 1. The number of rotatable bonds is 1. The minimum Gasteiger partial charge on any atom is -0.506 e. The number of phenolic OH excluding ortho intramolecular Hbond substituents is 1. The number of aromatic nitrogens is 4. The van der Waals surface area contributed by atoms with Crippen LogP contribution in [0.4, 0.5) is 0 Å². The van der Waals surface area contributed by atoms with Crippen molar-refractivity contribution in [2.24, 2.45) is 7.05 Å². The Balaban J connectivity index is 2.37. The molecule has 0 unspecified atom stereocenters. The number of phenols is 1. The molecule has 0 bridgehead atoms. The van der Waals surface area contributed by atoms with Crippen molar-refractivity contribution in [2.75, 3.05) is 0 Å². The first-order chi connectivity index (χ1) is 8.66. The third-order valence-corrected chi connectivity index (χ3v) is 2.80. The van der Waals surface area contributed by atoms with Crippen LogP contribution >= 0.6 is 0 Å². The zero-order valence-electron chi connectivity index (χ0n) is 9.58. The maximum atomic E-state index is 11.7. The first-order valence-corrected chi connectivity index (χ1v) is 5.35. The molecule has 0 aliphatic rings. The molecule has 3 aromatic rings. The van der Waals surface area contributed by atoms with Gasteiger partial charge < -0.3 is 14.7 Å². The van der Waals surface area contributed by atoms with Gasteiger partial charge in [-0.2, -0.15) is 0 Å². The Bertz CT molecular complexity index is 788. The summed E-state index contributed by atoms with van der Waals surface area (Å²) in [4.78, 5) is 22.3. The molecule has 0 spiro atoms. The largest absolute Gasteiger partial charge is 0.506 e. The van der Waals surface area contributed by atoms with Crippen LogP contribution in [0.2, 0.25) is 0 Å². The molecule has 0 fully saturated rings. The molecule has 0 atom stereocenters. The Morgan fingerprint density at radius 1 is 1.33 bits per heavy atom. The zero-order valence-corrected chi connectivity index (χ0v) is 9.58. The van der Waals surface area contributed by atoms with E-state index >= 15 is 0 Å². The van der Waals surface area contributed by atoms with E-state index in [0.717, 1.165) is 0 Å². The summed E-state index contributed by atoms with van der Waals surface area (Å²) in [7, 11) is 1.84. The van der Waals surface area contributed by atoms with Crippen molar-refractivity contribution in [2.45, 2.75) is 0 Å². The normalized spacial score (nSPS) is 10.9. The van der Waals surface area contributed by atoms with Crippen molar-refractivity contribution in [1.82, 2.24) is 19.5 Å². The van der Waals surface area contributed by atoms with Gasteiger partial charge in [-0.15, -0.1) is 0 Å². The van der Waals surface area contributed by atoms with Crippen LogP contribution in [0.25, 0.3) is 22.3 Å². The summed E-state index contributed by atoms with van der Waals surface area (Å²) in [5.74, 6) is 0.645. The maximum Gasteiger partial charge on any atom is 0.258 e. The standard InChI is InChI=1S/C12H10N4O2/c1-16-3-2-13-11(16)7-4-8-10(9(17)5-7)14-6-15-12(8)18/h2-6,17H,1H3,(H,14,15,18). The molecule has 18 heavy (non-hydrogen) atoms. The van der Waals surface area contributed by atoms with Gasteiger partial charge in [0.1, 0.15) is 17.1 Å². The Labute approximate surface area is 102 Å². The fourth-order valence-electron chi connectivity index (χ4n) is 1.93. The lowest BCUT2D eigenvalue weighted by atomic mass is 10.1. The van der Waals surface area contributed by atoms with E-state index in [2.05, 4.69) is 15.0 Å². The summed E-state index contributed by atoms with van der Waals surface area (Å²) >= 11 is 0. The number of nitrogens with one attached hydrogen (secondary N) is 1. The van der Waals surface area contributed by atoms with Gasteiger partial charge in [-0.3, -0.25) is 4.79 Å². The monoisotopic (exact) mass is 242 g/mol. The van der Waals surface area contributed by atoms with Crippen LogP contribution < -0.4 is 5.56 Å². The predicted molar refractivity (Wildman–Crippen MR) is 66.2 cm³/mol. The molecule has 0 aliphatic heterocycles. The van der Waals surface area contributed by atoms with E-state index in [1.807, 2.05) is 11.6 Å². The summed E-state index contributed by atoms with van der Waals surface area (Å²) in [6, 6.07) is 3.22. The number of aryl methyl sites for hydroxylation is 1.